The number of likely N-dealkylation sites (tertiary alicyclic amines) is 1. The highest BCUT2D eigenvalue weighted by Gasteiger charge is 2.23. The van der Waals surface area contributed by atoms with Crippen LogP contribution in [0.2, 0.25) is 0 Å². The molecule has 0 spiro atoms. The molecule has 0 unspecified atom stereocenters. The minimum absolute atomic E-state index is 0.00810. The van der Waals surface area contributed by atoms with Crippen molar-refractivity contribution in [2.75, 3.05) is 18.0 Å². The van der Waals surface area contributed by atoms with E-state index in [1.807, 2.05) is 12.1 Å². The third-order valence-electron chi connectivity index (χ3n) is 5.28. The van der Waals surface area contributed by atoms with E-state index in [2.05, 4.69) is 32.2 Å². The molecule has 5 heteroatoms. The summed E-state index contributed by atoms with van der Waals surface area (Å²) in [5.41, 5.74) is 4.35. The van der Waals surface area contributed by atoms with E-state index in [0.717, 1.165) is 34.5 Å². The molecule has 1 saturated heterocycles. The van der Waals surface area contributed by atoms with Crippen LogP contribution in [0.25, 0.3) is 0 Å². The summed E-state index contributed by atoms with van der Waals surface area (Å²) in [6, 6.07) is 6.08. The van der Waals surface area contributed by atoms with Crippen molar-refractivity contribution in [3.63, 3.8) is 0 Å². The number of aromatic nitrogens is 1. The number of anilines is 2. The summed E-state index contributed by atoms with van der Waals surface area (Å²) in [6.45, 7) is 11.5. The van der Waals surface area contributed by atoms with Gasteiger partial charge in [0.15, 0.2) is 5.13 Å². The van der Waals surface area contributed by atoms with E-state index in [9.17, 15) is 4.79 Å². The third kappa shape index (κ3) is 4.10. The standard InChI is InChI=1S/C20H27N3OS/c1-14-8-10-22(11-9-14)12-18-13-25-20(21-18)23(17(4)24)19-7-5-6-15(2)16(19)3/h5-7,13-14H,8-12H2,1-4H3/p+1. The molecule has 134 valence electrons. The maximum absolute atomic E-state index is 12.3. The van der Waals surface area contributed by atoms with Gasteiger partial charge in [-0.15, -0.1) is 11.3 Å². The first kappa shape index (κ1) is 18.1. The molecule has 3 rings (SSSR count). The van der Waals surface area contributed by atoms with E-state index in [-0.39, 0.29) is 5.91 Å². The summed E-state index contributed by atoms with van der Waals surface area (Å²) in [5.74, 6) is 0.862. The molecular weight excluding hydrogens is 330 g/mol. The van der Waals surface area contributed by atoms with Crippen molar-refractivity contribution in [1.29, 1.82) is 0 Å². The lowest BCUT2D eigenvalue weighted by Gasteiger charge is -2.26. The van der Waals surface area contributed by atoms with Crippen LogP contribution in [-0.4, -0.2) is 24.0 Å². The number of carbonyl (C=O) groups excluding carboxylic acids is 1. The number of hydrogen-bond donors (Lipinski definition) is 1. The Balaban J connectivity index is 1.80. The molecular formula is C20H28N3OS+. The van der Waals surface area contributed by atoms with Crippen LogP contribution in [0.3, 0.4) is 0 Å². The smallest absolute Gasteiger partial charge is 0.230 e. The van der Waals surface area contributed by atoms with E-state index in [1.54, 1.807) is 28.1 Å². The number of amides is 1. The van der Waals surface area contributed by atoms with E-state index in [0.29, 0.717) is 0 Å². The molecule has 1 aromatic heterocycles. The van der Waals surface area contributed by atoms with Gasteiger partial charge in [0.1, 0.15) is 12.2 Å². The van der Waals surface area contributed by atoms with Gasteiger partial charge in [-0.2, -0.15) is 0 Å². The number of nitrogens with one attached hydrogen (secondary N) is 1. The van der Waals surface area contributed by atoms with Crippen molar-refractivity contribution in [3.05, 3.63) is 40.4 Å². The monoisotopic (exact) mass is 358 g/mol. The summed E-state index contributed by atoms with van der Waals surface area (Å²) in [4.78, 5) is 20.5. The maximum atomic E-state index is 12.3. The molecule has 0 atom stereocenters. The zero-order valence-electron chi connectivity index (χ0n) is 15.6. The summed E-state index contributed by atoms with van der Waals surface area (Å²) in [5, 5.41) is 2.89. The Hall–Kier alpha value is -1.72. The van der Waals surface area contributed by atoms with Crippen LogP contribution in [0.5, 0.6) is 0 Å². The maximum Gasteiger partial charge on any atom is 0.230 e. The summed E-state index contributed by atoms with van der Waals surface area (Å²) in [7, 11) is 0. The molecule has 1 aliphatic rings. The molecule has 25 heavy (non-hydrogen) atoms. The summed E-state index contributed by atoms with van der Waals surface area (Å²) < 4.78 is 0. The van der Waals surface area contributed by atoms with Crippen molar-refractivity contribution in [3.8, 4) is 0 Å². The lowest BCUT2D eigenvalue weighted by Crippen LogP contribution is -3.11. The largest absolute Gasteiger partial charge is 0.330 e. The number of hydrogen-bond acceptors (Lipinski definition) is 3. The minimum Gasteiger partial charge on any atom is -0.330 e. The normalized spacial score (nSPS) is 20.5. The molecule has 2 heterocycles. The Morgan fingerprint density at radius 3 is 2.72 bits per heavy atom. The number of carbonyl (C=O) groups is 1. The molecule has 0 bridgehead atoms. The van der Waals surface area contributed by atoms with Gasteiger partial charge in [-0.1, -0.05) is 19.1 Å². The number of aryl methyl sites for hydroxylation is 1. The van der Waals surface area contributed by atoms with Gasteiger partial charge in [0.25, 0.3) is 0 Å². The van der Waals surface area contributed by atoms with Crippen LogP contribution >= 0.6 is 11.3 Å². The Labute approximate surface area is 154 Å². The average Bonchev–Trinajstić information content (AvgIpc) is 3.01. The third-order valence-corrected chi connectivity index (χ3v) is 6.15. The van der Waals surface area contributed by atoms with Gasteiger partial charge >= 0.3 is 0 Å². The number of rotatable bonds is 4. The molecule has 1 aliphatic heterocycles. The van der Waals surface area contributed by atoms with Crippen LogP contribution in [-0.2, 0) is 11.3 Å². The van der Waals surface area contributed by atoms with Crippen molar-refractivity contribution < 1.29 is 9.69 Å². The van der Waals surface area contributed by atoms with Crippen LogP contribution in [0.4, 0.5) is 10.8 Å². The summed E-state index contributed by atoms with van der Waals surface area (Å²) in [6.07, 6.45) is 2.60. The Bertz CT molecular complexity index is 747. The average molecular weight is 359 g/mol. The Morgan fingerprint density at radius 1 is 1.32 bits per heavy atom. The molecule has 1 amide bonds. The Kier molecular flexibility index (Phi) is 5.54. The topological polar surface area (TPSA) is 37.6 Å². The molecule has 2 aromatic rings. The zero-order chi connectivity index (χ0) is 18.0. The second-order valence-corrected chi connectivity index (χ2v) is 8.14. The number of benzene rings is 1. The van der Waals surface area contributed by atoms with Crippen LogP contribution in [0.15, 0.2) is 23.6 Å². The lowest BCUT2D eigenvalue weighted by molar-refractivity contribution is -0.920. The van der Waals surface area contributed by atoms with Crippen LogP contribution in [0.1, 0.15) is 43.5 Å². The molecule has 1 fully saturated rings. The van der Waals surface area contributed by atoms with Gasteiger partial charge in [0.2, 0.25) is 5.91 Å². The highest BCUT2D eigenvalue weighted by atomic mass is 32.1. The van der Waals surface area contributed by atoms with Gasteiger partial charge in [0.05, 0.1) is 18.8 Å². The van der Waals surface area contributed by atoms with Gasteiger partial charge in [-0.3, -0.25) is 9.69 Å². The van der Waals surface area contributed by atoms with Gasteiger partial charge < -0.3 is 4.90 Å². The fraction of sp³-hybridized carbons (Fsp3) is 0.500. The predicted octanol–water partition coefficient (Wildman–Crippen LogP) is 3.26. The van der Waals surface area contributed by atoms with E-state index < -0.39 is 0 Å². The molecule has 0 aliphatic carbocycles. The molecule has 1 aromatic carbocycles. The second-order valence-electron chi connectivity index (χ2n) is 7.30. The number of thiazole rings is 1. The second kappa shape index (κ2) is 7.67. The molecule has 0 saturated carbocycles. The molecule has 0 radical (unpaired) electrons. The lowest BCUT2D eigenvalue weighted by atomic mass is 9.99. The van der Waals surface area contributed by atoms with Gasteiger partial charge in [0, 0.05) is 12.3 Å². The number of nitrogens with zero attached hydrogens (tertiary/aromatic N) is 2. The SMILES string of the molecule is CC(=O)N(c1nc(C[NH+]2CCC(C)CC2)cs1)c1cccc(C)c1C. The fourth-order valence-corrected chi connectivity index (χ4v) is 4.35. The van der Waals surface area contributed by atoms with E-state index >= 15 is 0 Å². The first-order chi connectivity index (χ1) is 12.0. The first-order valence-electron chi connectivity index (χ1n) is 9.10. The fourth-order valence-electron chi connectivity index (χ4n) is 3.47. The Morgan fingerprint density at radius 2 is 2.04 bits per heavy atom. The predicted molar refractivity (Wildman–Crippen MR) is 104 cm³/mol. The van der Waals surface area contributed by atoms with Crippen molar-refractivity contribution in [2.45, 2.75) is 47.1 Å². The van der Waals surface area contributed by atoms with Crippen molar-refractivity contribution in [2.24, 2.45) is 5.92 Å². The van der Waals surface area contributed by atoms with Crippen LogP contribution in [0, 0.1) is 19.8 Å². The highest BCUT2D eigenvalue weighted by molar-refractivity contribution is 7.14. The van der Waals surface area contributed by atoms with Gasteiger partial charge in [-0.25, -0.2) is 4.98 Å². The quantitative estimate of drug-likeness (QED) is 0.911. The number of piperidine rings is 1. The minimum atomic E-state index is 0.00810. The van der Waals surface area contributed by atoms with Crippen LogP contribution < -0.4 is 9.80 Å². The molecule has 4 nitrogen and oxygen atoms in total. The first-order valence-corrected chi connectivity index (χ1v) is 9.98. The highest BCUT2D eigenvalue weighted by Crippen LogP contribution is 2.32. The van der Waals surface area contributed by atoms with Gasteiger partial charge in [-0.05, 0) is 49.8 Å². The zero-order valence-corrected chi connectivity index (χ0v) is 16.4. The van der Waals surface area contributed by atoms with E-state index in [4.69, 9.17) is 4.98 Å². The number of quaternary nitrogens is 1. The van der Waals surface area contributed by atoms with E-state index in [1.165, 1.54) is 31.5 Å². The molecule has 1 N–H and O–H groups in total. The van der Waals surface area contributed by atoms with Crippen molar-refractivity contribution in [1.82, 2.24) is 4.98 Å². The summed E-state index contributed by atoms with van der Waals surface area (Å²) >= 11 is 1.57. The van der Waals surface area contributed by atoms with Crippen molar-refractivity contribution >= 4 is 28.1 Å².